The van der Waals surface area contributed by atoms with Crippen molar-refractivity contribution in [3.8, 4) is 5.69 Å². The van der Waals surface area contributed by atoms with Gasteiger partial charge in [-0.2, -0.15) is 0 Å². The number of fused-ring (bicyclic) bond motifs is 6. The molecule has 0 bridgehead atoms. The summed E-state index contributed by atoms with van der Waals surface area (Å²) in [7, 11) is 2.29. The molecule has 1 N–H and O–H groups in total. The lowest BCUT2D eigenvalue weighted by atomic mass is 9.72. The highest BCUT2D eigenvalue weighted by Crippen LogP contribution is 2.52. The van der Waals surface area contributed by atoms with Crippen molar-refractivity contribution in [2.24, 2.45) is 22.7 Å². The molecule has 9 aliphatic rings. The minimum absolute atomic E-state index is 0.0999. The number of aliphatic imine (C=N–C) groups is 1. The van der Waals surface area contributed by atoms with E-state index in [1.165, 1.54) is 63.3 Å². The second-order valence-corrected chi connectivity index (χ2v) is 19.6. The average Bonchev–Trinajstić information content (AvgIpc) is 3.89. The highest BCUT2D eigenvalue weighted by Gasteiger charge is 2.46. The van der Waals surface area contributed by atoms with Crippen molar-refractivity contribution in [3.05, 3.63) is 189 Å². The van der Waals surface area contributed by atoms with Gasteiger partial charge in [0.1, 0.15) is 23.9 Å². The summed E-state index contributed by atoms with van der Waals surface area (Å²) < 4.78 is 9.74. The molecule has 1 saturated heterocycles. The Morgan fingerprint density at radius 2 is 1.60 bits per heavy atom. The normalized spacial score (nSPS) is 29.9. The molecule has 1 aromatic heterocycles. The first-order valence-corrected chi connectivity index (χ1v) is 24.5. The van der Waals surface area contributed by atoms with E-state index in [1.54, 1.807) is 16.7 Å². The summed E-state index contributed by atoms with van der Waals surface area (Å²) in [6.45, 7) is 0. The van der Waals surface area contributed by atoms with Crippen LogP contribution in [0.2, 0.25) is 0 Å². The summed E-state index contributed by atoms with van der Waals surface area (Å²) in [6.07, 6.45) is 43.5. The lowest BCUT2D eigenvalue weighted by Gasteiger charge is -2.45. The lowest BCUT2D eigenvalue weighted by Crippen LogP contribution is -2.59. The number of hydrogen-bond donors (Lipinski definition) is 1. The zero-order valence-electron chi connectivity index (χ0n) is 37.0. The van der Waals surface area contributed by atoms with E-state index < -0.39 is 0 Å². The molecule has 3 heterocycles. The summed E-state index contributed by atoms with van der Waals surface area (Å²) in [4.78, 5) is 8.31. The van der Waals surface area contributed by atoms with Crippen LogP contribution >= 0.6 is 0 Å². The van der Waals surface area contributed by atoms with Crippen molar-refractivity contribution in [3.63, 3.8) is 0 Å². The van der Waals surface area contributed by atoms with Gasteiger partial charge in [-0.1, -0.05) is 109 Å². The van der Waals surface area contributed by atoms with E-state index in [1.807, 2.05) is 0 Å². The van der Waals surface area contributed by atoms with Gasteiger partial charge in [0, 0.05) is 53.5 Å². The molecule has 7 aliphatic carbocycles. The van der Waals surface area contributed by atoms with Gasteiger partial charge in [0.05, 0.1) is 6.17 Å². The standard InChI is InChI=1S/C58H62N4O/c1-61-57(39-20-8-3-9-21-39)59-56(60-58(61)40-22-10-4-11-23-40)49-35-43(42-25-16-24-41(34-42)38-18-6-2-7-19-38)32-33-45(49)47-29-17-31-53-55(47)50-36-48-46-28-14-15-30-51(46)62(44-26-12-5-13-27-44)52(48)37-54(50)63-53/h2-3,5-8,10,12-13,15,18-19,22-23,25-27,30-33,39,41,43,50,54,56-57,59H,4,9,11,14,16-17,20-21,24,28-29,34-37H2,1H3. The number of nitrogens with zero attached hydrogens (tertiary/aromatic N) is 3. The SMILES string of the molecule is CN1C(C2=CCCC=C2)=NC(C2=C(C3=C4C(=CCC3)OC3Cc5c(c6c(n5-c5ccccc5)C=CCC6)CC43)C=CC(C3=CCCC(c4ccccc4)C3)C2)NC1C1CC=CCC1. The third-order valence-corrected chi connectivity index (χ3v) is 16.0. The van der Waals surface area contributed by atoms with Crippen molar-refractivity contribution in [1.29, 1.82) is 0 Å². The van der Waals surface area contributed by atoms with Gasteiger partial charge in [-0.25, -0.2) is 4.99 Å². The number of nitrogens with one attached hydrogen (secondary N) is 1. The fourth-order valence-corrected chi connectivity index (χ4v) is 13.0. The van der Waals surface area contributed by atoms with E-state index in [9.17, 15) is 0 Å². The molecule has 63 heavy (non-hydrogen) atoms. The molecule has 5 heteroatoms. The molecule has 7 unspecified atom stereocenters. The highest BCUT2D eigenvalue weighted by atomic mass is 16.5. The summed E-state index contributed by atoms with van der Waals surface area (Å²) in [6, 6.07) is 22.3. The van der Waals surface area contributed by atoms with E-state index in [-0.39, 0.29) is 18.4 Å². The maximum Gasteiger partial charge on any atom is 0.133 e. The molecule has 5 nitrogen and oxygen atoms in total. The van der Waals surface area contributed by atoms with Crippen molar-refractivity contribution < 1.29 is 4.74 Å². The number of amidine groups is 1. The Bertz CT molecular complexity index is 2600. The van der Waals surface area contributed by atoms with E-state index >= 15 is 0 Å². The Balaban J connectivity index is 0.973. The van der Waals surface area contributed by atoms with Gasteiger partial charge in [0.2, 0.25) is 0 Å². The number of likely N-dealkylation sites (N-methyl/N-ethyl adjacent to an activating group) is 1. The predicted octanol–water partition coefficient (Wildman–Crippen LogP) is 12.5. The van der Waals surface area contributed by atoms with Crippen LogP contribution in [-0.2, 0) is 24.0 Å². The summed E-state index contributed by atoms with van der Waals surface area (Å²) in [5.41, 5.74) is 17.6. The average molecular weight is 831 g/mol. The largest absolute Gasteiger partial charge is 0.489 e. The summed E-state index contributed by atoms with van der Waals surface area (Å²) in [5, 5.41) is 4.28. The maximum absolute atomic E-state index is 7.17. The summed E-state index contributed by atoms with van der Waals surface area (Å²) in [5.74, 6) is 4.13. The third kappa shape index (κ3) is 7.06. The number of rotatable bonds is 7. The van der Waals surface area contributed by atoms with Crippen molar-refractivity contribution in [2.45, 2.75) is 121 Å². The van der Waals surface area contributed by atoms with Gasteiger partial charge in [0.15, 0.2) is 0 Å². The van der Waals surface area contributed by atoms with Crippen LogP contribution < -0.4 is 5.32 Å². The lowest BCUT2D eigenvalue weighted by molar-refractivity contribution is 0.122. The van der Waals surface area contributed by atoms with Crippen molar-refractivity contribution in [1.82, 2.24) is 14.8 Å². The van der Waals surface area contributed by atoms with Gasteiger partial charge in [-0.3, -0.25) is 5.32 Å². The van der Waals surface area contributed by atoms with Gasteiger partial charge < -0.3 is 14.2 Å². The molecular formula is C58H62N4O. The number of hydrogen-bond acceptors (Lipinski definition) is 4. The maximum atomic E-state index is 7.17. The molecule has 12 rings (SSSR count). The molecule has 2 aliphatic heterocycles. The van der Waals surface area contributed by atoms with E-state index in [2.05, 4.69) is 149 Å². The molecule has 320 valence electrons. The first kappa shape index (κ1) is 39.2. The Labute approximate surface area is 374 Å². The van der Waals surface area contributed by atoms with Crippen molar-refractivity contribution in [2.75, 3.05) is 7.05 Å². The van der Waals surface area contributed by atoms with Crippen LogP contribution in [0.5, 0.6) is 0 Å². The summed E-state index contributed by atoms with van der Waals surface area (Å²) >= 11 is 0. The second-order valence-electron chi connectivity index (χ2n) is 19.6. The molecule has 0 spiro atoms. The zero-order chi connectivity index (χ0) is 41.9. The minimum atomic E-state index is -0.0999. The van der Waals surface area contributed by atoms with Crippen LogP contribution in [0.15, 0.2) is 166 Å². The Morgan fingerprint density at radius 3 is 2.44 bits per heavy atom. The van der Waals surface area contributed by atoms with Gasteiger partial charge in [-0.15, -0.1) is 0 Å². The van der Waals surface area contributed by atoms with E-state index in [0.717, 1.165) is 95.1 Å². The molecular weight excluding hydrogens is 769 g/mol. The Morgan fingerprint density at radius 1 is 0.730 bits per heavy atom. The van der Waals surface area contributed by atoms with Gasteiger partial charge in [-0.05, 0) is 159 Å². The minimum Gasteiger partial charge on any atom is -0.489 e. The number of allylic oxidation sites excluding steroid dienone is 13. The fraction of sp³-hybridized carbons (Fsp3) is 0.397. The first-order valence-electron chi connectivity index (χ1n) is 24.5. The van der Waals surface area contributed by atoms with E-state index in [4.69, 9.17) is 9.73 Å². The second kappa shape index (κ2) is 16.6. The topological polar surface area (TPSA) is 41.8 Å². The molecule has 0 radical (unpaired) electrons. The van der Waals surface area contributed by atoms with Crippen LogP contribution in [-0.4, -0.2) is 40.8 Å². The van der Waals surface area contributed by atoms with Gasteiger partial charge in [0.25, 0.3) is 0 Å². The van der Waals surface area contributed by atoms with Crippen LogP contribution in [0.4, 0.5) is 0 Å². The third-order valence-electron chi connectivity index (χ3n) is 16.0. The molecule has 7 atom stereocenters. The molecule has 1 fully saturated rings. The zero-order valence-corrected chi connectivity index (χ0v) is 37.0. The number of benzene rings is 2. The number of aromatic nitrogens is 1. The smallest absolute Gasteiger partial charge is 0.133 e. The van der Waals surface area contributed by atoms with Gasteiger partial charge >= 0.3 is 0 Å². The van der Waals surface area contributed by atoms with Crippen LogP contribution in [0.25, 0.3) is 11.8 Å². The monoisotopic (exact) mass is 830 g/mol. The predicted molar refractivity (Wildman–Crippen MR) is 257 cm³/mol. The first-order chi connectivity index (χ1) is 31.2. The van der Waals surface area contributed by atoms with Crippen LogP contribution in [0, 0.1) is 17.8 Å². The molecule has 0 saturated carbocycles. The Kier molecular flexibility index (Phi) is 10.4. The van der Waals surface area contributed by atoms with Crippen molar-refractivity contribution >= 4 is 11.9 Å². The van der Waals surface area contributed by atoms with Crippen LogP contribution in [0.1, 0.15) is 111 Å². The highest BCUT2D eigenvalue weighted by molar-refractivity contribution is 6.01. The molecule has 0 amide bonds. The molecule has 3 aromatic rings. The van der Waals surface area contributed by atoms with Crippen LogP contribution in [0.3, 0.4) is 0 Å². The molecule has 2 aromatic carbocycles. The number of para-hydroxylation sites is 1. The fourth-order valence-electron chi connectivity index (χ4n) is 13.0. The Hall–Kier alpha value is -5.39. The quantitative estimate of drug-likeness (QED) is 0.241. The van der Waals surface area contributed by atoms with E-state index in [0.29, 0.717) is 23.7 Å². The number of ether oxygens (including phenoxy) is 1.